The van der Waals surface area contributed by atoms with Gasteiger partial charge < -0.3 is 5.73 Å². The normalized spacial score (nSPS) is 10.8. The van der Waals surface area contributed by atoms with Crippen LogP contribution in [0.3, 0.4) is 0 Å². The van der Waals surface area contributed by atoms with E-state index in [1.54, 1.807) is 0 Å². The molecule has 3 heteroatoms. The Kier molecular flexibility index (Phi) is 5.22. The van der Waals surface area contributed by atoms with Gasteiger partial charge in [0.1, 0.15) is 5.82 Å². The van der Waals surface area contributed by atoms with Crippen molar-refractivity contribution in [2.75, 3.05) is 5.73 Å². The van der Waals surface area contributed by atoms with Crippen LogP contribution in [0.2, 0.25) is 0 Å². The third-order valence-corrected chi connectivity index (χ3v) is 2.93. The largest absolute Gasteiger partial charge is 0.382 e. The lowest BCUT2D eigenvalue weighted by molar-refractivity contribution is 0.604. The van der Waals surface area contributed by atoms with E-state index >= 15 is 0 Å². The summed E-state index contributed by atoms with van der Waals surface area (Å²) < 4.78 is 0. The summed E-state index contributed by atoms with van der Waals surface area (Å²) in [7, 11) is 0. The lowest BCUT2D eigenvalue weighted by Crippen LogP contribution is -1.90. The van der Waals surface area contributed by atoms with Gasteiger partial charge in [-0.05, 0) is 19.8 Å². The van der Waals surface area contributed by atoms with Gasteiger partial charge in [0.05, 0.1) is 0 Å². The van der Waals surface area contributed by atoms with Crippen molar-refractivity contribution in [1.82, 2.24) is 10.2 Å². The van der Waals surface area contributed by atoms with Gasteiger partial charge in [-0.2, -0.15) is 5.10 Å². The Hall–Kier alpha value is -0.990. The van der Waals surface area contributed by atoms with E-state index < -0.39 is 0 Å². The number of unbranched alkanes of at least 4 members (excludes halogenated alkanes) is 5. The number of H-pyrrole nitrogens is 1. The smallest absolute Gasteiger partial charge is 0.148 e. The van der Waals surface area contributed by atoms with Crippen molar-refractivity contribution in [3.8, 4) is 0 Å². The van der Waals surface area contributed by atoms with Crippen LogP contribution in [0.4, 0.5) is 5.82 Å². The zero-order valence-corrected chi connectivity index (χ0v) is 9.97. The van der Waals surface area contributed by atoms with E-state index in [0.717, 1.165) is 12.0 Å². The summed E-state index contributed by atoms with van der Waals surface area (Å²) in [6.07, 6.45) is 9.07. The molecule has 1 aromatic rings. The number of rotatable bonds is 7. The fourth-order valence-electron chi connectivity index (χ4n) is 1.78. The third-order valence-electron chi connectivity index (χ3n) is 2.93. The minimum absolute atomic E-state index is 0.649. The van der Waals surface area contributed by atoms with Gasteiger partial charge in [-0.15, -0.1) is 0 Å². The van der Waals surface area contributed by atoms with Crippen LogP contribution in [0.5, 0.6) is 0 Å². The molecule has 0 amide bonds. The molecular formula is C12H23N3. The number of aryl methyl sites for hydroxylation is 1. The number of aromatic nitrogens is 2. The zero-order valence-electron chi connectivity index (χ0n) is 9.97. The van der Waals surface area contributed by atoms with Crippen molar-refractivity contribution >= 4 is 5.82 Å². The molecule has 3 N–H and O–H groups in total. The molecular weight excluding hydrogens is 186 g/mol. The highest BCUT2D eigenvalue weighted by molar-refractivity contribution is 5.40. The zero-order chi connectivity index (χ0) is 11.1. The summed E-state index contributed by atoms with van der Waals surface area (Å²) >= 11 is 0. The summed E-state index contributed by atoms with van der Waals surface area (Å²) in [6.45, 7) is 4.28. The van der Waals surface area contributed by atoms with Crippen LogP contribution in [0.15, 0.2) is 0 Å². The van der Waals surface area contributed by atoms with E-state index in [4.69, 9.17) is 5.73 Å². The molecule has 15 heavy (non-hydrogen) atoms. The number of nitrogen functional groups attached to an aromatic ring is 1. The summed E-state index contributed by atoms with van der Waals surface area (Å²) in [4.78, 5) is 0. The van der Waals surface area contributed by atoms with Crippen molar-refractivity contribution in [3.63, 3.8) is 0 Å². The summed E-state index contributed by atoms with van der Waals surface area (Å²) in [5, 5.41) is 7.00. The molecule has 0 aliphatic rings. The number of nitrogens with one attached hydrogen (secondary N) is 1. The fraction of sp³-hybridized carbons (Fsp3) is 0.750. The van der Waals surface area contributed by atoms with E-state index in [-0.39, 0.29) is 0 Å². The molecule has 1 heterocycles. The molecule has 0 aliphatic heterocycles. The van der Waals surface area contributed by atoms with Gasteiger partial charge >= 0.3 is 0 Å². The van der Waals surface area contributed by atoms with Gasteiger partial charge in [-0.25, -0.2) is 0 Å². The van der Waals surface area contributed by atoms with E-state index in [1.165, 1.54) is 44.2 Å². The molecule has 0 bridgehead atoms. The van der Waals surface area contributed by atoms with Crippen molar-refractivity contribution in [2.45, 2.75) is 58.8 Å². The minimum Gasteiger partial charge on any atom is -0.382 e. The Morgan fingerprint density at radius 1 is 1.13 bits per heavy atom. The molecule has 0 aliphatic carbocycles. The molecule has 0 radical (unpaired) electrons. The second kappa shape index (κ2) is 6.49. The lowest BCUT2D eigenvalue weighted by Gasteiger charge is -2.00. The Labute approximate surface area is 92.5 Å². The molecule has 0 atom stereocenters. The van der Waals surface area contributed by atoms with Crippen LogP contribution in [-0.4, -0.2) is 10.2 Å². The van der Waals surface area contributed by atoms with Crippen molar-refractivity contribution in [2.24, 2.45) is 0 Å². The Balaban J connectivity index is 2.12. The first kappa shape index (κ1) is 12.1. The van der Waals surface area contributed by atoms with Crippen molar-refractivity contribution in [1.29, 1.82) is 0 Å². The topological polar surface area (TPSA) is 54.7 Å². The SMILES string of the molecule is CCCCCCCCc1[nH]nc(N)c1C. The Morgan fingerprint density at radius 3 is 2.40 bits per heavy atom. The molecule has 1 rings (SSSR count). The van der Waals surface area contributed by atoms with E-state index in [1.807, 2.05) is 6.92 Å². The highest BCUT2D eigenvalue weighted by Gasteiger charge is 2.04. The van der Waals surface area contributed by atoms with Gasteiger partial charge in [0.15, 0.2) is 0 Å². The van der Waals surface area contributed by atoms with Crippen LogP contribution < -0.4 is 5.73 Å². The van der Waals surface area contributed by atoms with Gasteiger partial charge in [0, 0.05) is 11.3 Å². The molecule has 0 fully saturated rings. The maximum Gasteiger partial charge on any atom is 0.148 e. The summed E-state index contributed by atoms with van der Waals surface area (Å²) in [6, 6.07) is 0. The Morgan fingerprint density at radius 2 is 1.80 bits per heavy atom. The van der Waals surface area contributed by atoms with E-state index in [0.29, 0.717) is 5.82 Å². The number of anilines is 1. The monoisotopic (exact) mass is 209 g/mol. The molecule has 0 saturated carbocycles. The van der Waals surface area contributed by atoms with Crippen LogP contribution >= 0.6 is 0 Å². The Bertz CT molecular complexity index is 278. The fourth-order valence-corrected chi connectivity index (χ4v) is 1.78. The molecule has 86 valence electrons. The third kappa shape index (κ3) is 3.94. The molecule has 3 nitrogen and oxygen atoms in total. The average molecular weight is 209 g/mol. The van der Waals surface area contributed by atoms with E-state index in [2.05, 4.69) is 17.1 Å². The summed E-state index contributed by atoms with van der Waals surface area (Å²) in [5.41, 5.74) is 8.01. The summed E-state index contributed by atoms with van der Waals surface area (Å²) in [5.74, 6) is 0.649. The van der Waals surface area contributed by atoms with Crippen molar-refractivity contribution in [3.05, 3.63) is 11.3 Å². The average Bonchev–Trinajstić information content (AvgIpc) is 2.54. The quantitative estimate of drug-likeness (QED) is 0.677. The van der Waals surface area contributed by atoms with Crippen LogP contribution in [0, 0.1) is 6.92 Å². The highest BCUT2D eigenvalue weighted by atomic mass is 15.2. The maximum absolute atomic E-state index is 5.67. The predicted octanol–water partition coefficient (Wildman–Crippen LogP) is 3.20. The number of aromatic amines is 1. The predicted molar refractivity (Wildman–Crippen MR) is 64.8 cm³/mol. The molecule has 0 spiro atoms. The molecule has 0 saturated heterocycles. The minimum atomic E-state index is 0.649. The maximum atomic E-state index is 5.67. The van der Waals surface area contributed by atoms with Crippen LogP contribution in [-0.2, 0) is 6.42 Å². The number of nitrogens with two attached hydrogens (primary N) is 1. The van der Waals surface area contributed by atoms with E-state index in [9.17, 15) is 0 Å². The second-order valence-corrected chi connectivity index (χ2v) is 4.23. The highest BCUT2D eigenvalue weighted by Crippen LogP contribution is 2.14. The van der Waals surface area contributed by atoms with Gasteiger partial charge in [0.2, 0.25) is 0 Å². The van der Waals surface area contributed by atoms with Crippen LogP contribution in [0.25, 0.3) is 0 Å². The van der Waals surface area contributed by atoms with Gasteiger partial charge in [-0.3, -0.25) is 5.10 Å². The number of hydrogen-bond donors (Lipinski definition) is 2. The molecule has 0 aromatic carbocycles. The first-order chi connectivity index (χ1) is 7.25. The van der Waals surface area contributed by atoms with Crippen molar-refractivity contribution < 1.29 is 0 Å². The molecule has 1 aromatic heterocycles. The second-order valence-electron chi connectivity index (χ2n) is 4.23. The number of nitrogens with zero attached hydrogens (tertiary/aromatic N) is 1. The first-order valence-electron chi connectivity index (χ1n) is 6.05. The van der Waals surface area contributed by atoms with Crippen LogP contribution in [0.1, 0.15) is 56.7 Å². The lowest BCUT2D eigenvalue weighted by atomic mass is 10.1. The number of hydrogen-bond acceptors (Lipinski definition) is 2. The van der Waals surface area contributed by atoms with Gasteiger partial charge in [-0.1, -0.05) is 39.0 Å². The molecule has 0 unspecified atom stereocenters. The first-order valence-corrected chi connectivity index (χ1v) is 6.05. The van der Waals surface area contributed by atoms with Gasteiger partial charge in [0.25, 0.3) is 0 Å². The standard InChI is InChI=1S/C12H23N3/c1-3-4-5-6-7-8-9-11-10(2)12(13)15-14-11/h3-9H2,1-2H3,(H3,13,14,15).